The number of ether oxygens (including phenoxy) is 3. The lowest BCUT2D eigenvalue weighted by Crippen LogP contribution is -2.43. The van der Waals surface area contributed by atoms with Crippen LogP contribution in [0.4, 0.5) is 0 Å². The first-order valence-electron chi connectivity index (χ1n) is 8.78. The van der Waals surface area contributed by atoms with Gasteiger partial charge in [0.2, 0.25) is 0 Å². The van der Waals surface area contributed by atoms with E-state index < -0.39 is 11.8 Å². The Morgan fingerprint density at radius 2 is 1.75 bits per heavy atom. The minimum absolute atomic E-state index is 0.228. The second-order valence-electron chi connectivity index (χ2n) is 5.79. The number of halogens is 1. The predicted octanol–water partition coefficient (Wildman–Crippen LogP) is 3.01. The molecular formula is C20H23BrN2O5. The number of aryl methyl sites for hydroxylation is 1. The zero-order valence-electron chi connectivity index (χ0n) is 15.8. The summed E-state index contributed by atoms with van der Waals surface area (Å²) in [6, 6.07) is 12.1. The van der Waals surface area contributed by atoms with Crippen molar-refractivity contribution in [2.24, 2.45) is 0 Å². The molecule has 0 atom stereocenters. The highest BCUT2D eigenvalue weighted by molar-refractivity contribution is 9.10. The zero-order chi connectivity index (χ0) is 20.4. The summed E-state index contributed by atoms with van der Waals surface area (Å²) < 4.78 is 16.9. The molecule has 0 bridgehead atoms. The number of hydrogen-bond donors (Lipinski definition) is 2. The number of hydrogen-bond acceptors (Lipinski definition) is 5. The highest BCUT2D eigenvalue weighted by atomic mass is 79.9. The van der Waals surface area contributed by atoms with Gasteiger partial charge in [0, 0.05) is 12.2 Å². The second-order valence-corrected chi connectivity index (χ2v) is 6.65. The van der Waals surface area contributed by atoms with Crippen LogP contribution in [0.1, 0.15) is 22.8 Å². The Morgan fingerprint density at radius 3 is 2.43 bits per heavy atom. The van der Waals surface area contributed by atoms with Crippen molar-refractivity contribution in [2.75, 3.05) is 26.4 Å². The largest absolute Gasteiger partial charge is 0.491 e. The van der Waals surface area contributed by atoms with Gasteiger partial charge in [0.05, 0.1) is 11.1 Å². The summed E-state index contributed by atoms with van der Waals surface area (Å²) >= 11 is 3.38. The molecule has 0 aliphatic rings. The standard InChI is InChI=1S/C20H23BrN2O5/c1-3-26-10-11-27-16-7-5-15(6-8-16)20(25)23-22-19(24)13-28-18-9-4-14(2)12-17(18)21/h4-9,12H,3,10-11,13H2,1-2H3,(H,22,24)(H,23,25). The molecule has 8 heteroatoms. The Kier molecular flexibility index (Phi) is 8.77. The van der Waals surface area contributed by atoms with Crippen LogP contribution in [0.2, 0.25) is 0 Å². The Bertz CT molecular complexity index is 796. The SMILES string of the molecule is CCOCCOc1ccc(C(=O)NNC(=O)COc2ccc(C)cc2Br)cc1. The van der Waals surface area contributed by atoms with Crippen molar-refractivity contribution in [3.63, 3.8) is 0 Å². The summed E-state index contributed by atoms with van der Waals surface area (Å²) in [5, 5.41) is 0. The maximum absolute atomic E-state index is 12.1. The molecule has 2 aromatic carbocycles. The van der Waals surface area contributed by atoms with Crippen LogP contribution in [0.25, 0.3) is 0 Å². The first kappa shape index (κ1) is 21.7. The average molecular weight is 451 g/mol. The molecule has 0 radical (unpaired) electrons. The van der Waals surface area contributed by atoms with E-state index in [9.17, 15) is 9.59 Å². The predicted molar refractivity (Wildman–Crippen MR) is 108 cm³/mol. The van der Waals surface area contributed by atoms with E-state index in [2.05, 4.69) is 26.8 Å². The molecule has 2 aromatic rings. The number of nitrogens with one attached hydrogen (secondary N) is 2. The van der Waals surface area contributed by atoms with Gasteiger partial charge in [-0.1, -0.05) is 6.07 Å². The van der Waals surface area contributed by atoms with Gasteiger partial charge >= 0.3 is 0 Å². The zero-order valence-corrected chi connectivity index (χ0v) is 17.4. The molecule has 150 valence electrons. The van der Waals surface area contributed by atoms with Gasteiger partial charge in [-0.3, -0.25) is 20.4 Å². The number of hydrazine groups is 1. The van der Waals surface area contributed by atoms with E-state index in [-0.39, 0.29) is 6.61 Å². The highest BCUT2D eigenvalue weighted by Crippen LogP contribution is 2.25. The number of carbonyl (C=O) groups is 2. The fourth-order valence-corrected chi connectivity index (χ4v) is 2.77. The maximum Gasteiger partial charge on any atom is 0.276 e. The molecule has 0 aromatic heterocycles. The molecule has 0 spiro atoms. The normalized spacial score (nSPS) is 10.2. The molecule has 0 heterocycles. The van der Waals surface area contributed by atoms with Crippen molar-refractivity contribution < 1.29 is 23.8 Å². The summed E-state index contributed by atoms with van der Waals surface area (Å²) in [5.74, 6) is 0.270. The average Bonchev–Trinajstić information content (AvgIpc) is 2.69. The van der Waals surface area contributed by atoms with Crippen molar-refractivity contribution in [3.05, 3.63) is 58.1 Å². The van der Waals surface area contributed by atoms with E-state index in [1.165, 1.54) is 0 Å². The van der Waals surface area contributed by atoms with Crippen molar-refractivity contribution >= 4 is 27.7 Å². The van der Waals surface area contributed by atoms with Crippen molar-refractivity contribution in [3.8, 4) is 11.5 Å². The molecule has 2 rings (SSSR count). The summed E-state index contributed by atoms with van der Waals surface area (Å²) in [6.45, 7) is 5.23. The van der Waals surface area contributed by atoms with E-state index in [4.69, 9.17) is 14.2 Å². The smallest absolute Gasteiger partial charge is 0.276 e. The quantitative estimate of drug-likeness (QED) is 0.452. The van der Waals surface area contributed by atoms with E-state index in [1.807, 2.05) is 26.0 Å². The van der Waals surface area contributed by atoms with Gasteiger partial charge in [-0.05, 0) is 71.7 Å². The van der Waals surface area contributed by atoms with E-state index in [0.717, 1.165) is 10.0 Å². The molecule has 0 saturated heterocycles. The molecule has 0 unspecified atom stereocenters. The van der Waals surface area contributed by atoms with Crippen molar-refractivity contribution in [1.82, 2.24) is 10.9 Å². The third-order valence-corrected chi connectivity index (χ3v) is 4.20. The second kappa shape index (κ2) is 11.3. The van der Waals surface area contributed by atoms with E-state index >= 15 is 0 Å². The van der Waals surface area contributed by atoms with Gasteiger partial charge in [0.15, 0.2) is 6.61 Å². The van der Waals surface area contributed by atoms with Gasteiger partial charge in [0.25, 0.3) is 11.8 Å². The van der Waals surface area contributed by atoms with E-state index in [1.54, 1.807) is 30.3 Å². The summed E-state index contributed by atoms with van der Waals surface area (Å²) in [6.07, 6.45) is 0. The van der Waals surface area contributed by atoms with Crippen LogP contribution in [-0.2, 0) is 9.53 Å². The summed E-state index contributed by atoms with van der Waals surface area (Å²) in [5.41, 5.74) is 6.13. The van der Waals surface area contributed by atoms with Crippen LogP contribution in [0, 0.1) is 6.92 Å². The Balaban J connectivity index is 1.74. The van der Waals surface area contributed by atoms with Gasteiger partial charge in [-0.15, -0.1) is 0 Å². The van der Waals surface area contributed by atoms with Crippen LogP contribution in [-0.4, -0.2) is 38.2 Å². The number of rotatable bonds is 9. The fourth-order valence-electron chi connectivity index (χ4n) is 2.17. The van der Waals surface area contributed by atoms with Crippen LogP contribution in [0.3, 0.4) is 0 Å². The Hall–Kier alpha value is -2.58. The molecule has 0 fully saturated rings. The van der Waals surface area contributed by atoms with Gasteiger partial charge in [-0.2, -0.15) is 0 Å². The van der Waals surface area contributed by atoms with Crippen molar-refractivity contribution in [1.29, 1.82) is 0 Å². The van der Waals surface area contributed by atoms with E-state index in [0.29, 0.717) is 36.9 Å². The lowest BCUT2D eigenvalue weighted by molar-refractivity contribution is -0.123. The molecule has 0 saturated carbocycles. The Morgan fingerprint density at radius 1 is 1.00 bits per heavy atom. The van der Waals surface area contributed by atoms with Gasteiger partial charge in [0.1, 0.15) is 18.1 Å². The first-order chi connectivity index (χ1) is 13.5. The molecular weight excluding hydrogens is 428 g/mol. The third-order valence-electron chi connectivity index (χ3n) is 3.58. The minimum Gasteiger partial charge on any atom is -0.491 e. The van der Waals surface area contributed by atoms with Crippen LogP contribution >= 0.6 is 15.9 Å². The molecule has 7 nitrogen and oxygen atoms in total. The lowest BCUT2D eigenvalue weighted by atomic mass is 10.2. The summed E-state index contributed by atoms with van der Waals surface area (Å²) in [4.78, 5) is 23.9. The third kappa shape index (κ3) is 7.21. The highest BCUT2D eigenvalue weighted by Gasteiger charge is 2.09. The van der Waals surface area contributed by atoms with Crippen LogP contribution < -0.4 is 20.3 Å². The molecule has 0 aliphatic heterocycles. The molecule has 2 amide bonds. The lowest BCUT2D eigenvalue weighted by Gasteiger charge is -2.11. The van der Waals surface area contributed by atoms with Crippen LogP contribution in [0.5, 0.6) is 11.5 Å². The number of benzene rings is 2. The van der Waals surface area contributed by atoms with Crippen molar-refractivity contribution in [2.45, 2.75) is 13.8 Å². The fraction of sp³-hybridized carbons (Fsp3) is 0.300. The monoisotopic (exact) mass is 450 g/mol. The minimum atomic E-state index is -0.475. The van der Waals surface area contributed by atoms with Gasteiger partial charge < -0.3 is 14.2 Å². The van der Waals surface area contributed by atoms with Crippen LogP contribution in [0.15, 0.2) is 46.9 Å². The first-order valence-corrected chi connectivity index (χ1v) is 9.57. The maximum atomic E-state index is 12.1. The summed E-state index contributed by atoms with van der Waals surface area (Å²) in [7, 11) is 0. The topological polar surface area (TPSA) is 85.9 Å². The molecule has 0 aliphatic carbocycles. The number of carbonyl (C=O) groups excluding carboxylic acids is 2. The Labute approximate surface area is 172 Å². The molecule has 2 N–H and O–H groups in total. The molecule has 28 heavy (non-hydrogen) atoms. The number of amides is 2. The van der Waals surface area contributed by atoms with Gasteiger partial charge in [-0.25, -0.2) is 0 Å².